The molecule has 2 amide bonds. The maximum absolute atomic E-state index is 11.7. The topological polar surface area (TPSA) is 69.9 Å². The lowest BCUT2D eigenvalue weighted by Gasteiger charge is -2.33. The van der Waals surface area contributed by atoms with Crippen LogP contribution in [0.1, 0.15) is 6.42 Å². The Labute approximate surface area is 108 Å². The molecule has 0 aromatic carbocycles. The maximum Gasteiger partial charge on any atom is 0.223 e. The van der Waals surface area contributed by atoms with Gasteiger partial charge in [-0.2, -0.15) is 0 Å². The van der Waals surface area contributed by atoms with Gasteiger partial charge in [-0.1, -0.05) is 0 Å². The summed E-state index contributed by atoms with van der Waals surface area (Å²) in [6, 6.07) is 0. The first-order valence-electron chi connectivity index (χ1n) is 6.54. The van der Waals surface area contributed by atoms with Crippen LogP contribution in [0.25, 0.3) is 0 Å². The molecule has 0 spiro atoms. The van der Waals surface area contributed by atoms with E-state index in [1.807, 2.05) is 0 Å². The third kappa shape index (κ3) is 3.20. The fourth-order valence-corrected chi connectivity index (χ4v) is 2.51. The minimum atomic E-state index is -0.356. The van der Waals surface area contributed by atoms with Gasteiger partial charge in [0, 0.05) is 52.2 Å². The van der Waals surface area contributed by atoms with Gasteiger partial charge in [0.15, 0.2) is 0 Å². The number of carbonyl (C=O) groups is 2. The molecule has 0 aromatic heterocycles. The van der Waals surface area contributed by atoms with Crippen LogP contribution in [0.15, 0.2) is 0 Å². The molecule has 0 radical (unpaired) electrons. The minimum absolute atomic E-state index is 0.0629. The summed E-state index contributed by atoms with van der Waals surface area (Å²) in [7, 11) is 2.12. The van der Waals surface area contributed by atoms with Crippen LogP contribution in [0.2, 0.25) is 0 Å². The summed E-state index contributed by atoms with van der Waals surface area (Å²) < 4.78 is 0. The van der Waals surface area contributed by atoms with Gasteiger partial charge in [0.1, 0.15) is 0 Å². The molecule has 102 valence electrons. The number of rotatable bonds is 4. The number of nitrogens with zero attached hydrogens (tertiary/aromatic N) is 3. The molecule has 2 N–H and O–H groups in total. The zero-order chi connectivity index (χ0) is 13.1. The van der Waals surface area contributed by atoms with Crippen LogP contribution in [0.5, 0.6) is 0 Å². The lowest BCUT2D eigenvalue weighted by Crippen LogP contribution is -2.47. The van der Waals surface area contributed by atoms with E-state index in [1.165, 1.54) is 0 Å². The molecule has 2 heterocycles. The van der Waals surface area contributed by atoms with E-state index in [-0.39, 0.29) is 24.2 Å². The summed E-state index contributed by atoms with van der Waals surface area (Å²) in [6.07, 6.45) is 0.290. The zero-order valence-corrected chi connectivity index (χ0v) is 11.0. The lowest BCUT2D eigenvalue weighted by molar-refractivity contribution is -0.128. The van der Waals surface area contributed by atoms with Gasteiger partial charge in [-0.25, -0.2) is 0 Å². The largest absolute Gasteiger partial charge is 0.369 e. The third-order valence-electron chi connectivity index (χ3n) is 3.90. The van der Waals surface area contributed by atoms with Crippen LogP contribution in [0.4, 0.5) is 0 Å². The number of amides is 2. The number of piperazine rings is 1. The highest BCUT2D eigenvalue weighted by Gasteiger charge is 2.32. The number of likely N-dealkylation sites (N-methyl/N-ethyl adjacent to an activating group) is 1. The summed E-state index contributed by atoms with van der Waals surface area (Å²) in [5.74, 6) is -0.580. The Kier molecular flexibility index (Phi) is 4.19. The van der Waals surface area contributed by atoms with Crippen LogP contribution in [-0.4, -0.2) is 79.4 Å². The van der Waals surface area contributed by atoms with Crippen molar-refractivity contribution < 1.29 is 9.59 Å². The van der Waals surface area contributed by atoms with Gasteiger partial charge in [0.05, 0.1) is 5.92 Å². The highest BCUT2D eigenvalue weighted by atomic mass is 16.2. The van der Waals surface area contributed by atoms with E-state index >= 15 is 0 Å². The van der Waals surface area contributed by atoms with Gasteiger partial charge in [0.25, 0.3) is 0 Å². The molecule has 2 rings (SSSR count). The van der Waals surface area contributed by atoms with Crippen molar-refractivity contribution in [3.05, 3.63) is 0 Å². The van der Waals surface area contributed by atoms with Crippen molar-refractivity contribution in [1.29, 1.82) is 0 Å². The number of carbonyl (C=O) groups excluding carboxylic acids is 2. The van der Waals surface area contributed by atoms with Crippen LogP contribution in [0, 0.1) is 5.92 Å². The first-order valence-corrected chi connectivity index (χ1v) is 6.54. The average molecular weight is 254 g/mol. The second-order valence-corrected chi connectivity index (χ2v) is 5.29. The van der Waals surface area contributed by atoms with Gasteiger partial charge in [-0.3, -0.25) is 14.5 Å². The van der Waals surface area contributed by atoms with Gasteiger partial charge in [0.2, 0.25) is 11.8 Å². The molecule has 6 heteroatoms. The summed E-state index contributed by atoms with van der Waals surface area (Å²) in [5.41, 5.74) is 5.24. The Balaban J connectivity index is 1.74. The molecule has 0 bridgehead atoms. The molecular weight excluding hydrogens is 232 g/mol. The average Bonchev–Trinajstić information content (AvgIpc) is 2.70. The fourth-order valence-electron chi connectivity index (χ4n) is 2.51. The summed E-state index contributed by atoms with van der Waals surface area (Å²) >= 11 is 0. The van der Waals surface area contributed by atoms with Crippen molar-refractivity contribution in [1.82, 2.24) is 14.7 Å². The molecule has 0 aromatic rings. The van der Waals surface area contributed by atoms with Gasteiger partial charge < -0.3 is 15.5 Å². The van der Waals surface area contributed by atoms with Crippen molar-refractivity contribution in [3.8, 4) is 0 Å². The van der Waals surface area contributed by atoms with Crippen molar-refractivity contribution in [2.75, 3.05) is 52.9 Å². The third-order valence-corrected chi connectivity index (χ3v) is 3.90. The van der Waals surface area contributed by atoms with Gasteiger partial charge in [-0.05, 0) is 7.05 Å². The van der Waals surface area contributed by atoms with E-state index in [4.69, 9.17) is 5.73 Å². The van der Waals surface area contributed by atoms with Crippen LogP contribution < -0.4 is 5.73 Å². The second kappa shape index (κ2) is 5.67. The van der Waals surface area contributed by atoms with E-state index in [0.717, 1.165) is 32.7 Å². The smallest absolute Gasteiger partial charge is 0.223 e. The maximum atomic E-state index is 11.7. The Morgan fingerprint density at radius 3 is 2.50 bits per heavy atom. The summed E-state index contributed by atoms with van der Waals surface area (Å²) in [6.45, 7) is 6.38. The molecule has 2 fully saturated rings. The Morgan fingerprint density at radius 2 is 1.94 bits per heavy atom. The van der Waals surface area contributed by atoms with Crippen molar-refractivity contribution >= 4 is 11.8 Å². The summed E-state index contributed by atoms with van der Waals surface area (Å²) in [5, 5.41) is 0. The Bertz CT molecular complexity index is 326. The van der Waals surface area contributed by atoms with E-state index in [2.05, 4.69) is 16.8 Å². The fraction of sp³-hybridized carbons (Fsp3) is 0.833. The zero-order valence-electron chi connectivity index (χ0n) is 11.0. The summed E-state index contributed by atoms with van der Waals surface area (Å²) in [4.78, 5) is 29.2. The molecule has 0 saturated carbocycles. The first-order chi connectivity index (χ1) is 8.56. The Hall–Kier alpha value is -1.14. The normalized spacial score (nSPS) is 26.8. The number of primary amides is 1. The second-order valence-electron chi connectivity index (χ2n) is 5.29. The monoisotopic (exact) mass is 254 g/mol. The van der Waals surface area contributed by atoms with Crippen LogP contribution >= 0.6 is 0 Å². The minimum Gasteiger partial charge on any atom is -0.369 e. The molecule has 2 saturated heterocycles. The highest BCUT2D eigenvalue weighted by Crippen LogP contribution is 2.17. The number of nitrogens with two attached hydrogens (primary N) is 1. The standard InChI is InChI=1S/C12H22N4O2/c1-14-2-4-15(5-3-14)6-7-16-9-10(12(13)18)8-11(16)17/h10H,2-9H2,1H3,(H2,13,18). The SMILES string of the molecule is CN1CCN(CCN2CC(C(N)=O)CC2=O)CC1. The predicted molar refractivity (Wildman–Crippen MR) is 67.8 cm³/mol. The van der Waals surface area contributed by atoms with Crippen LogP contribution in [-0.2, 0) is 9.59 Å². The van der Waals surface area contributed by atoms with E-state index in [9.17, 15) is 9.59 Å². The van der Waals surface area contributed by atoms with Crippen molar-refractivity contribution in [2.45, 2.75) is 6.42 Å². The molecule has 1 atom stereocenters. The molecular formula is C12H22N4O2. The van der Waals surface area contributed by atoms with Crippen molar-refractivity contribution in [3.63, 3.8) is 0 Å². The first kappa shape index (κ1) is 13.3. The van der Waals surface area contributed by atoms with Crippen molar-refractivity contribution in [2.24, 2.45) is 11.7 Å². The molecule has 2 aliphatic heterocycles. The molecule has 1 unspecified atom stereocenters. The highest BCUT2D eigenvalue weighted by molar-refractivity contribution is 5.88. The lowest BCUT2D eigenvalue weighted by atomic mass is 10.1. The van der Waals surface area contributed by atoms with E-state index < -0.39 is 0 Å². The molecule has 18 heavy (non-hydrogen) atoms. The van der Waals surface area contributed by atoms with E-state index in [1.54, 1.807) is 4.90 Å². The predicted octanol–water partition coefficient (Wildman–Crippen LogP) is -1.43. The number of hydrogen-bond donors (Lipinski definition) is 1. The van der Waals surface area contributed by atoms with Gasteiger partial charge >= 0.3 is 0 Å². The van der Waals surface area contributed by atoms with Crippen LogP contribution in [0.3, 0.4) is 0 Å². The molecule has 2 aliphatic rings. The quantitative estimate of drug-likeness (QED) is 0.667. The molecule has 0 aliphatic carbocycles. The molecule has 6 nitrogen and oxygen atoms in total. The Morgan fingerprint density at radius 1 is 1.28 bits per heavy atom. The van der Waals surface area contributed by atoms with Gasteiger partial charge in [-0.15, -0.1) is 0 Å². The van der Waals surface area contributed by atoms with E-state index in [0.29, 0.717) is 13.1 Å². The number of hydrogen-bond acceptors (Lipinski definition) is 4. The number of likely N-dealkylation sites (tertiary alicyclic amines) is 1.